The molecule has 0 aliphatic carbocycles. The molecule has 1 atom stereocenters. The average molecular weight is 340 g/mol. The number of carboxylic acids is 1. The number of hydrogen-bond acceptors (Lipinski definition) is 4. The highest BCUT2D eigenvalue weighted by molar-refractivity contribution is 5.75. The van der Waals surface area contributed by atoms with Crippen molar-refractivity contribution in [3.8, 4) is 5.75 Å². The summed E-state index contributed by atoms with van der Waals surface area (Å²) in [5, 5.41) is 9.99. The third-order valence-electron chi connectivity index (χ3n) is 4.90. The summed E-state index contributed by atoms with van der Waals surface area (Å²) in [6.07, 6.45) is 3.86. The van der Waals surface area contributed by atoms with Gasteiger partial charge in [-0.25, -0.2) is 0 Å². The molecule has 25 heavy (non-hydrogen) atoms. The number of likely N-dealkylation sites (tertiary alicyclic amines) is 1. The topological polar surface area (TPSA) is 62.7 Å². The lowest BCUT2D eigenvalue weighted by atomic mass is 9.75. The zero-order chi connectivity index (χ0) is 17.7. The molecular formula is C20H24N2O3. The molecule has 1 fully saturated rings. The molecule has 0 amide bonds. The third-order valence-corrected chi connectivity index (χ3v) is 4.90. The van der Waals surface area contributed by atoms with Crippen LogP contribution >= 0.6 is 0 Å². The van der Waals surface area contributed by atoms with Gasteiger partial charge in [0.15, 0.2) is 0 Å². The van der Waals surface area contributed by atoms with E-state index in [-0.39, 0.29) is 0 Å². The zero-order valence-corrected chi connectivity index (χ0v) is 14.5. The molecule has 1 saturated heterocycles. The lowest BCUT2D eigenvalue weighted by Gasteiger charge is -2.40. The number of pyridine rings is 1. The van der Waals surface area contributed by atoms with E-state index in [2.05, 4.69) is 9.88 Å². The Labute approximate surface area is 148 Å². The van der Waals surface area contributed by atoms with E-state index in [9.17, 15) is 9.90 Å². The summed E-state index contributed by atoms with van der Waals surface area (Å²) in [5.41, 5.74) is 1.21. The van der Waals surface area contributed by atoms with Crippen LogP contribution in [0, 0.1) is 5.41 Å². The van der Waals surface area contributed by atoms with Gasteiger partial charge >= 0.3 is 5.97 Å². The summed E-state index contributed by atoms with van der Waals surface area (Å²) in [7, 11) is 1.63. The van der Waals surface area contributed by atoms with Crippen LogP contribution in [-0.2, 0) is 17.8 Å². The second-order valence-electron chi connectivity index (χ2n) is 6.75. The van der Waals surface area contributed by atoms with Gasteiger partial charge in [-0.15, -0.1) is 0 Å². The smallest absolute Gasteiger partial charge is 0.311 e. The second-order valence-corrected chi connectivity index (χ2v) is 6.75. The molecule has 132 valence electrons. The number of hydrogen-bond donors (Lipinski definition) is 1. The van der Waals surface area contributed by atoms with Crippen LogP contribution in [0.5, 0.6) is 5.75 Å². The molecule has 2 heterocycles. The molecule has 2 aromatic rings. The fourth-order valence-corrected chi connectivity index (χ4v) is 3.65. The fourth-order valence-electron chi connectivity index (χ4n) is 3.65. The average Bonchev–Trinajstić information content (AvgIpc) is 2.63. The number of carboxylic acid groups (broad SMARTS) is 1. The molecule has 0 spiro atoms. The lowest BCUT2D eigenvalue weighted by Crippen LogP contribution is -2.48. The molecule has 1 aliphatic rings. The minimum atomic E-state index is -0.764. The van der Waals surface area contributed by atoms with Gasteiger partial charge in [-0.1, -0.05) is 18.2 Å². The van der Waals surface area contributed by atoms with Gasteiger partial charge in [-0.05, 0) is 55.6 Å². The normalized spacial score (nSPS) is 21.0. The standard InChI is InChI=1S/C20H24N2O3/c1-25-18-8-4-6-16(12-18)13-20(19(23)24)9-5-11-22(15-20)14-17-7-2-3-10-21-17/h2-4,6-8,10,12H,5,9,11,13-15H2,1H3,(H,23,24). The van der Waals surface area contributed by atoms with Crippen LogP contribution in [0.3, 0.4) is 0 Å². The number of carbonyl (C=O) groups is 1. The Hall–Kier alpha value is -2.40. The van der Waals surface area contributed by atoms with Crippen molar-refractivity contribution in [3.63, 3.8) is 0 Å². The largest absolute Gasteiger partial charge is 0.497 e. The van der Waals surface area contributed by atoms with Crippen LogP contribution in [0.4, 0.5) is 0 Å². The summed E-state index contributed by atoms with van der Waals surface area (Å²) in [4.78, 5) is 18.7. The summed E-state index contributed by atoms with van der Waals surface area (Å²) in [6, 6.07) is 13.5. The Kier molecular flexibility index (Phi) is 5.34. The maximum Gasteiger partial charge on any atom is 0.311 e. The highest BCUT2D eigenvalue weighted by Gasteiger charge is 2.42. The van der Waals surface area contributed by atoms with Crippen molar-refractivity contribution in [2.45, 2.75) is 25.8 Å². The van der Waals surface area contributed by atoms with Crippen molar-refractivity contribution in [1.29, 1.82) is 0 Å². The van der Waals surface area contributed by atoms with Crippen LogP contribution in [0.1, 0.15) is 24.1 Å². The number of aromatic nitrogens is 1. The van der Waals surface area contributed by atoms with Crippen molar-refractivity contribution < 1.29 is 14.6 Å². The Morgan fingerprint density at radius 1 is 1.32 bits per heavy atom. The molecule has 0 radical (unpaired) electrons. The van der Waals surface area contributed by atoms with E-state index < -0.39 is 11.4 Å². The molecule has 1 aliphatic heterocycles. The van der Waals surface area contributed by atoms with E-state index in [4.69, 9.17) is 4.74 Å². The number of piperidine rings is 1. The first-order chi connectivity index (χ1) is 12.1. The van der Waals surface area contributed by atoms with Crippen LogP contribution in [0.2, 0.25) is 0 Å². The quantitative estimate of drug-likeness (QED) is 0.876. The highest BCUT2D eigenvalue weighted by Crippen LogP contribution is 2.35. The van der Waals surface area contributed by atoms with E-state index in [0.717, 1.165) is 30.0 Å². The number of benzene rings is 1. The Bertz CT molecular complexity index is 720. The van der Waals surface area contributed by atoms with Crippen molar-refractivity contribution in [2.24, 2.45) is 5.41 Å². The minimum Gasteiger partial charge on any atom is -0.497 e. The van der Waals surface area contributed by atoms with Gasteiger partial charge in [0, 0.05) is 19.3 Å². The van der Waals surface area contributed by atoms with Crippen LogP contribution in [0.25, 0.3) is 0 Å². The molecule has 0 saturated carbocycles. The molecule has 1 unspecified atom stereocenters. The number of nitrogens with zero attached hydrogens (tertiary/aromatic N) is 2. The second kappa shape index (κ2) is 7.66. The number of aliphatic carboxylic acids is 1. The van der Waals surface area contributed by atoms with E-state index in [0.29, 0.717) is 25.9 Å². The van der Waals surface area contributed by atoms with Gasteiger partial charge in [0.2, 0.25) is 0 Å². The molecule has 5 nitrogen and oxygen atoms in total. The van der Waals surface area contributed by atoms with E-state index in [1.54, 1.807) is 13.3 Å². The van der Waals surface area contributed by atoms with Gasteiger partial charge in [0.1, 0.15) is 5.75 Å². The van der Waals surface area contributed by atoms with E-state index in [1.165, 1.54) is 0 Å². The number of methoxy groups -OCH3 is 1. The van der Waals surface area contributed by atoms with Gasteiger partial charge in [0.05, 0.1) is 18.2 Å². The molecule has 3 rings (SSSR count). The van der Waals surface area contributed by atoms with Crippen molar-refractivity contribution in [3.05, 3.63) is 59.9 Å². The van der Waals surface area contributed by atoms with Crippen LogP contribution < -0.4 is 4.74 Å². The Morgan fingerprint density at radius 3 is 2.92 bits per heavy atom. The molecule has 1 N–H and O–H groups in total. The van der Waals surface area contributed by atoms with Crippen LogP contribution in [0.15, 0.2) is 48.7 Å². The molecule has 5 heteroatoms. The third kappa shape index (κ3) is 4.17. The monoisotopic (exact) mass is 340 g/mol. The SMILES string of the molecule is COc1cccc(CC2(C(=O)O)CCCN(Cc3ccccn3)C2)c1. The minimum absolute atomic E-state index is 0.512. The van der Waals surface area contributed by atoms with E-state index in [1.807, 2.05) is 42.5 Å². The molecule has 1 aromatic heterocycles. The van der Waals surface area contributed by atoms with Gasteiger partial charge in [-0.3, -0.25) is 14.7 Å². The zero-order valence-electron chi connectivity index (χ0n) is 14.5. The molecule has 1 aromatic carbocycles. The summed E-state index contributed by atoms with van der Waals surface area (Å²) >= 11 is 0. The Morgan fingerprint density at radius 2 is 2.20 bits per heavy atom. The van der Waals surface area contributed by atoms with Crippen molar-refractivity contribution in [1.82, 2.24) is 9.88 Å². The summed E-state index contributed by atoms with van der Waals surface area (Å²) < 4.78 is 5.27. The molecular weight excluding hydrogens is 316 g/mol. The van der Waals surface area contributed by atoms with Crippen LogP contribution in [-0.4, -0.2) is 41.2 Å². The maximum absolute atomic E-state index is 12.2. The van der Waals surface area contributed by atoms with Crippen molar-refractivity contribution >= 4 is 5.97 Å². The maximum atomic E-state index is 12.2. The fraction of sp³-hybridized carbons (Fsp3) is 0.400. The first-order valence-corrected chi connectivity index (χ1v) is 8.60. The highest BCUT2D eigenvalue weighted by atomic mass is 16.5. The van der Waals surface area contributed by atoms with E-state index >= 15 is 0 Å². The first kappa shape index (κ1) is 17.4. The lowest BCUT2D eigenvalue weighted by molar-refractivity contribution is -0.152. The summed E-state index contributed by atoms with van der Waals surface area (Å²) in [6.45, 7) is 2.13. The van der Waals surface area contributed by atoms with Gasteiger partial charge in [0.25, 0.3) is 0 Å². The number of rotatable bonds is 6. The molecule has 0 bridgehead atoms. The predicted molar refractivity (Wildman–Crippen MR) is 95.5 cm³/mol. The van der Waals surface area contributed by atoms with Gasteiger partial charge in [-0.2, -0.15) is 0 Å². The van der Waals surface area contributed by atoms with Crippen molar-refractivity contribution in [2.75, 3.05) is 20.2 Å². The Balaban J connectivity index is 1.77. The first-order valence-electron chi connectivity index (χ1n) is 8.60. The summed E-state index contributed by atoms with van der Waals surface area (Å²) in [5.74, 6) is 0.0419. The van der Waals surface area contributed by atoms with Gasteiger partial charge < -0.3 is 9.84 Å². The predicted octanol–water partition coefficient (Wildman–Crippen LogP) is 3.00. The number of ether oxygens (including phenoxy) is 1.